The highest BCUT2D eigenvalue weighted by Crippen LogP contribution is 2.33. The van der Waals surface area contributed by atoms with Gasteiger partial charge in [0.15, 0.2) is 20.3 Å². The molecule has 5 rings (SSSR count). The van der Waals surface area contributed by atoms with Crippen LogP contribution in [0.15, 0.2) is 42.7 Å². The highest BCUT2D eigenvalue weighted by molar-refractivity contribution is 7.44. The molecule has 4 aromatic rings. The number of aromatic nitrogens is 5. The molecule has 0 radical (unpaired) electrons. The first kappa shape index (κ1) is 22.3. The quantitative estimate of drug-likeness (QED) is 0.252. The summed E-state index contributed by atoms with van der Waals surface area (Å²) in [5.74, 6) is 0.592. The molecule has 172 valence electrons. The first-order valence-corrected chi connectivity index (χ1v) is 12.3. The van der Waals surface area contributed by atoms with Crippen LogP contribution in [0.25, 0.3) is 21.9 Å². The summed E-state index contributed by atoms with van der Waals surface area (Å²) in [5, 5.41) is 9.78. The molecule has 0 amide bonds. The van der Waals surface area contributed by atoms with Crippen molar-refractivity contribution in [2.45, 2.75) is 31.7 Å². The highest BCUT2D eigenvalue weighted by atomic mass is 35.5. The molecule has 10 nitrogen and oxygen atoms in total. The van der Waals surface area contributed by atoms with Gasteiger partial charge in [-0.2, -0.15) is 15.1 Å². The fourth-order valence-electron chi connectivity index (χ4n) is 4.00. The van der Waals surface area contributed by atoms with Crippen molar-refractivity contribution in [2.75, 3.05) is 18.3 Å². The van der Waals surface area contributed by atoms with Crippen molar-refractivity contribution in [3.8, 4) is 0 Å². The van der Waals surface area contributed by atoms with Crippen molar-refractivity contribution >= 4 is 47.7 Å². The van der Waals surface area contributed by atoms with E-state index in [1.807, 2.05) is 30.3 Å². The Morgan fingerprint density at radius 1 is 1.18 bits per heavy atom. The van der Waals surface area contributed by atoms with E-state index in [2.05, 4.69) is 25.4 Å². The largest absolute Gasteiger partial charge is 0.369 e. The second kappa shape index (κ2) is 9.80. The Hall–Kier alpha value is -2.46. The van der Waals surface area contributed by atoms with Crippen LogP contribution in [-0.2, 0) is 16.0 Å². The first-order chi connectivity index (χ1) is 16.1. The smallest absolute Gasteiger partial charge is 0.226 e. The Bertz CT molecular complexity index is 1270. The number of nitrogens with zero attached hydrogens (tertiary/aromatic N) is 5. The number of rotatable bonds is 8. The number of fused-ring (bicyclic) bond motifs is 2. The summed E-state index contributed by atoms with van der Waals surface area (Å²) in [6, 6.07) is 9.97. The molecule has 33 heavy (non-hydrogen) atoms. The van der Waals surface area contributed by atoms with E-state index in [1.165, 1.54) is 0 Å². The first-order valence-electron chi connectivity index (χ1n) is 10.4. The van der Waals surface area contributed by atoms with Crippen LogP contribution in [-0.4, -0.2) is 53.6 Å². The predicted octanol–water partition coefficient (Wildman–Crippen LogP) is 3.59. The number of ether oxygens (including phenoxy) is 2. The molecular formula is C21H22ClN6O4P. The summed E-state index contributed by atoms with van der Waals surface area (Å²) in [7, 11) is -2.07. The molecule has 1 aromatic carbocycles. The van der Waals surface area contributed by atoms with Gasteiger partial charge >= 0.3 is 0 Å². The lowest BCUT2D eigenvalue weighted by Gasteiger charge is -2.15. The Kier molecular flexibility index (Phi) is 6.64. The molecule has 0 saturated carbocycles. The lowest BCUT2D eigenvalue weighted by molar-refractivity contribution is -0.0384. The third-order valence-electron chi connectivity index (χ3n) is 5.48. The second-order valence-corrected chi connectivity index (χ2v) is 9.01. The molecule has 4 heterocycles. The van der Waals surface area contributed by atoms with Crippen LogP contribution in [0.5, 0.6) is 0 Å². The number of pyridine rings is 1. The van der Waals surface area contributed by atoms with Gasteiger partial charge in [0.1, 0.15) is 12.2 Å². The molecule has 0 spiro atoms. The van der Waals surface area contributed by atoms with Gasteiger partial charge in [0, 0.05) is 18.1 Å². The normalized spacial score (nSPS) is 18.5. The van der Waals surface area contributed by atoms with Crippen LogP contribution < -0.4 is 5.32 Å². The van der Waals surface area contributed by atoms with Crippen molar-refractivity contribution in [3.63, 3.8) is 0 Å². The maximum atomic E-state index is 8.97. The minimum Gasteiger partial charge on any atom is -0.369 e. The fourth-order valence-corrected chi connectivity index (χ4v) is 4.43. The van der Waals surface area contributed by atoms with E-state index in [4.69, 9.17) is 30.9 Å². The molecule has 1 fully saturated rings. The van der Waals surface area contributed by atoms with Gasteiger partial charge in [-0.3, -0.25) is 4.98 Å². The van der Waals surface area contributed by atoms with Crippen LogP contribution in [0.4, 0.5) is 5.82 Å². The van der Waals surface area contributed by atoms with Crippen LogP contribution >= 0.6 is 20.0 Å². The predicted molar refractivity (Wildman–Crippen MR) is 125 cm³/mol. The molecule has 1 aliphatic rings. The van der Waals surface area contributed by atoms with Gasteiger partial charge in [0.2, 0.25) is 5.28 Å². The third-order valence-corrected chi connectivity index (χ3v) is 6.06. The lowest BCUT2D eigenvalue weighted by Crippen LogP contribution is -2.17. The van der Waals surface area contributed by atoms with Gasteiger partial charge in [-0.1, -0.05) is 18.2 Å². The van der Waals surface area contributed by atoms with Gasteiger partial charge in [0.05, 0.1) is 29.8 Å². The van der Waals surface area contributed by atoms with Gasteiger partial charge in [0.25, 0.3) is 0 Å². The molecule has 1 saturated heterocycles. The van der Waals surface area contributed by atoms with Gasteiger partial charge < -0.3 is 24.6 Å². The van der Waals surface area contributed by atoms with E-state index in [9.17, 15) is 0 Å². The van der Waals surface area contributed by atoms with E-state index in [1.54, 1.807) is 17.1 Å². The Morgan fingerprint density at radius 2 is 2.09 bits per heavy atom. The second-order valence-electron chi connectivity index (χ2n) is 7.67. The monoisotopic (exact) mass is 488 g/mol. The minimum absolute atomic E-state index is 0.0881. The Balaban J connectivity index is 1.34. The SMILES string of the molecule is OP(O)COCC1CCC(n2ncc3c(NCc4cccc5ncccc45)nc(Cl)nc32)O1. The third kappa shape index (κ3) is 4.91. The van der Waals surface area contributed by atoms with Crippen molar-refractivity contribution < 1.29 is 19.3 Å². The molecule has 2 unspecified atom stereocenters. The summed E-state index contributed by atoms with van der Waals surface area (Å²) >= 11 is 6.24. The molecule has 1 aliphatic heterocycles. The van der Waals surface area contributed by atoms with Crippen molar-refractivity contribution in [1.29, 1.82) is 0 Å². The molecule has 3 aromatic heterocycles. The number of halogens is 1. The topological polar surface area (TPSA) is 127 Å². The van der Waals surface area contributed by atoms with Crippen molar-refractivity contribution in [3.05, 3.63) is 53.6 Å². The minimum atomic E-state index is -2.07. The summed E-state index contributed by atoms with van der Waals surface area (Å²) in [6.45, 7) is 0.826. The zero-order chi connectivity index (χ0) is 22.8. The standard InChI is InChI=1S/C21H22ClN6O4P/c22-21-26-19(24-9-13-3-1-5-17-15(13)4-2-8-23-17)16-10-25-28(20(16)27-21)18-7-6-14(32-18)11-31-12-33(29)30/h1-5,8,10,14,18,29-30H,6-7,9,11-12H2,(H,24,26,27). The summed E-state index contributed by atoms with van der Waals surface area (Å²) in [6.07, 6.45) is 4.42. The Morgan fingerprint density at radius 3 is 2.97 bits per heavy atom. The summed E-state index contributed by atoms with van der Waals surface area (Å²) in [5.41, 5.74) is 2.60. The zero-order valence-corrected chi connectivity index (χ0v) is 19.2. The van der Waals surface area contributed by atoms with Crippen LogP contribution in [0.1, 0.15) is 24.6 Å². The van der Waals surface area contributed by atoms with E-state index in [-0.39, 0.29) is 30.6 Å². The molecule has 2 atom stereocenters. The van der Waals surface area contributed by atoms with E-state index >= 15 is 0 Å². The summed E-state index contributed by atoms with van der Waals surface area (Å²) in [4.78, 5) is 31.1. The van der Waals surface area contributed by atoms with E-state index < -0.39 is 8.38 Å². The van der Waals surface area contributed by atoms with Crippen LogP contribution in [0, 0.1) is 0 Å². The Labute approximate surface area is 195 Å². The van der Waals surface area contributed by atoms with Crippen molar-refractivity contribution in [1.82, 2.24) is 24.7 Å². The number of hydrogen-bond acceptors (Lipinski definition) is 9. The maximum Gasteiger partial charge on any atom is 0.226 e. The summed E-state index contributed by atoms with van der Waals surface area (Å²) < 4.78 is 13.0. The van der Waals surface area contributed by atoms with Crippen LogP contribution in [0.2, 0.25) is 5.28 Å². The van der Waals surface area contributed by atoms with Gasteiger partial charge in [-0.05, 0) is 42.1 Å². The molecule has 12 heteroatoms. The number of anilines is 1. The fraction of sp³-hybridized carbons (Fsp3) is 0.333. The van der Waals surface area contributed by atoms with Crippen molar-refractivity contribution in [2.24, 2.45) is 0 Å². The number of hydrogen-bond donors (Lipinski definition) is 3. The zero-order valence-electron chi connectivity index (χ0n) is 17.5. The molecular weight excluding hydrogens is 467 g/mol. The molecule has 0 bridgehead atoms. The van der Waals surface area contributed by atoms with E-state index in [0.717, 1.165) is 34.7 Å². The highest BCUT2D eigenvalue weighted by Gasteiger charge is 2.29. The molecule has 3 N–H and O–H groups in total. The van der Waals surface area contributed by atoms with Gasteiger partial charge in [-0.15, -0.1) is 0 Å². The lowest BCUT2D eigenvalue weighted by atomic mass is 10.1. The van der Waals surface area contributed by atoms with Gasteiger partial charge in [-0.25, -0.2) is 4.68 Å². The number of nitrogens with one attached hydrogen (secondary N) is 1. The average Bonchev–Trinajstić information content (AvgIpc) is 3.44. The van der Waals surface area contributed by atoms with Crippen LogP contribution in [0.3, 0.4) is 0 Å². The maximum absolute atomic E-state index is 8.97. The molecule has 0 aliphatic carbocycles. The van der Waals surface area contributed by atoms with E-state index in [0.29, 0.717) is 18.0 Å². The number of benzene rings is 1. The average molecular weight is 489 g/mol.